The van der Waals surface area contributed by atoms with Crippen LogP contribution >= 0.6 is 0 Å². The second kappa shape index (κ2) is 5.71. The molecule has 1 N–H and O–H groups in total. The smallest absolute Gasteiger partial charge is 0.0601 e. The standard InChI is InChI=1S/C18H26N2O/c1-21-16-9-15(10-16)20-12-17(13-7-8-13)19-11-18(20)14-5-3-2-4-6-14/h2-6,13,15-19H,7-12H2,1H3. The zero-order valence-electron chi connectivity index (χ0n) is 12.9. The van der Waals surface area contributed by atoms with Gasteiger partial charge in [-0.15, -0.1) is 0 Å². The molecule has 3 heteroatoms. The number of piperazine rings is 1. The maximum Gasteiger partial charge on any atom is 0.0601 e. The number of methoxy groups -OCH3 is 1. The van der Waals surface area contributed by atoms with Crippen LogP contribution in [0.3, 0.4) is 0 Å². The third-order valence-electron chi connectivity index (χ3n) is 5.63. The van der Waals surface area contributed by atoms with E-state index in [9.17, 15) is 0 Å². The Labute approximate surface area is 127 Å². The van der Waals surface area contributed by atoms with Crippen LogP contribution in [-0.4, -0.2) is 43.3 Å². The van der Waals surface area contributed by atoms with E-state index < -0.39 is 0 Å². The fraction of sp³-hybridized carbons (Fsp3) is 0.667. The van der Waals surface area contributed by atoms with Gasteiger partial charge in [-0.25, -0.2) is 0 Å². The first-order valence-electron chi connectivity index (χ1n) is 8.42. The summed E-state index contributed by atoms with van der Waals surface area (Å²) < 4.78 is 5.49. The molecule has 0 bridgehead atoms. The lowest BCUT2D eigenvalue weighted by Crippen LogP contribution is -2.59. The molecule has 2 saturated carbocycles. The molecule has 2 aliphatic carbocycles. The number of hydrogen-bond acceptors (Lipinski definition) is 3. The molecule has 0 amide bonds. The lowest BCUT2D eigenvalue weighted by atomic mass is 9.84. The van der Waals surface area contributed by atoms with Gasteiger partial charge in [-0.2, -0.15) is 0 Å². The Morgan fingerprint density at radius 2 is 1.90 bits per heavy atom. The molecular weight excluding hydrogens is 260 g/mol. The van der Waals surface area contributed by atoms with E-state index in [2.05, 4.69) is 40.5 Å². The van der Waals surface area contributed by atoms with Crippen LogP contribution in [0.2, 0.25) is 0 Å². The normalized spacial score (nSPS) is 37.2. The molecule has 2 atom stereocenters. The Morgan fingerprint density at radius 1 is 1.14 bits per heavy atom. The summed E-state index contributed by atoms with van der Waals surface area (Å²) in [6, 6.07) is 13.0. The summed E-state index contributed by atoms with van der Waals surface area (Å²) in [7, 11) is 1.85. The van der Waals surface area contributed by atoms with Crippen molar-refractivity contribution in [3.63, 3.8) is 0 Å². The molecule has 4 rings (SSSR count). The molecule has 2 unspecified atom stereocenters. The van der Waals surface area contributed by atoms with Gasteiger partial charge >= 0.3 is 0 Å². The maximum atomic E-state index is 5.49. The summed E-state index contributed by atoms with van der Waals surface area (Å²) in [4.78, 5) is 2.77. The summed E-state index contributed by atoms with van der Waals surface area (Å²) in [5.41, 5.74) is 1.46. The van der Waals surface area contributed by atoms with Gasteiger partial charge in [-0.05, 0) is 37.2 Å². The third-order valence-corrected chi connectivity index (χ3v) is 5.63. The van der Waals surface area contributed by atoms with Gasteiger partial charge in [0.05, 0.1) is 6.10 Å². The molecule has 0 radical (unpaired) electrons. The summed E-state index contributed by atoms with van der Waals surface area (Å²) in [5.74, 6) is 0.933. The van der Waals surface area contributed by atoms with Gasteiger partial charge < -0.3 is 10.1 Å². The highest BCUT2D eigenvalue weighted by Crippen LogP contribution is 2.40. The Morgan fingerprint density at radius 3 is 2.57 bits per heavy atom. The van der Waals surface area contributed by atoms with Crippen molar-refractivity contribution in [3.8, 4) is 0 Å². The van der Waals surface area contributed by atoms with Crippen molar-refractivity contribution in [2.75, 3.05) is 20.2 Å². The van der Waals surface area contributed by atoms with E-state index in [0.29, 0.717) is 24.2 Å². The lowest BCUT2D eigenvalue weighted by molar-refractivity contribution is -0.0540. The number of ether oxygens (including phenoxy) is 1. The number of rotatable bonds is 4. The lowest BCUT2D eigenvalue weighted by Gasteiger charge is -2.50. The molecule has 3 nitrogen and oxygen atoms in total. The SMILES string of the molecule is COC1CC(N2CC(C3CC3)NCC2c2ccccc2)C1. The largest absolute Gasteiger partial charge is 0.381 e. The van der Waals surface area contributed by atoms with Gasteiger partial charge in [0.2, 0.25) is 0 Å². The summed E-state index contributed by atoms with van der Waals surface area (Å²) in [5, 5.41) is 3.81. The van der Waals surface area contributed by atoms with E-state index in [1.54, 1.807) is 0 Å². The number of nitrogens with one attached hydrogen (secondary N) is 1. The highest BCUT2D eigenvalue weighted by atomic mass is 16.5. The van der Waals surface area contributed by atoms with E-state index in [-0.39, 0.29) is 0 Å². The van der Waals surface area contributed by atoms with Crippen LogP contribution in [-0.2, 0) is 4.74 Å². The van der Waals surface area contributed by atoms with Crippen LogP contribution in [0.1, 0.15) is 37.3 Å². The molecule has 0 spiro atoms. The quantitative estimate of drug-likeness (QED) is 0.921. The summed E-state index contributed by atoms with van der Waals surface area (Å²) >= 11 is 0. The topological polar surface area (TPSA) is 24.5 Å². The van der Waals surface area contributed by atoms with Gasteiger partial charge in [-0.1, -0.05) is 30.3 Å². The fourth-order valence-corrected chi connectivity index (χ4v) is 4.00. The van der Waals surface area contributed by atoms with Crippen LogP contribution < -0.4 is 5.32 Å². The first-order chi connectivity index (χ1) is 10.3. The van der Waals surface area contributed by atoms with Crippen molar-refractivity contribution in [1.29, 1.82) is 0 Å². The van der Waals surface area contributed by atoms with E-state index in [4.69, 9.17) is 4.74 Å². The zero-order chi connectivity index (χ0) is 14.2. The average molecular weight is 286 g/mol. The van der Waals surface area contributed by atoms with Crippen LogP contribution in [0, 0.1) is 5.92 Å². The molecule has 3 aliphatic rings. The predicted octanol–water partition coefficient (Wildman–Crippen LogP) is 2.59. The molecule has 114 valence electrons. The minimum atomic E-state index is 0.487. The van der Waals surface area contributed by atoms with Crippen molar-refractivity contribution in [1.82, 2.24) is 10.2 Å². The molecule has 1 aromatic rings. The van der Waals surface area contributed by atoms with Gasteiger partial charge in [0.25, 0.3) is 0 Å². The maximum absolute atomic E-state index is 5.49. The Balaban J connectivity index is 1.51. The van der Waals surface area contributed by atoms with E-state index in [1.807, 2.05) is 7.11 Å². The zero-order valence-corrected chi connectivity index (χ0v) is 12.9. The summed E-state index contributed by atoms with van der Waals surface area (Å²) in [6.07, 6.45) is 5.74. The summed E-state index contributed by atoms with van der Waals surface area (Å²) in [6.45, 7) is 2.31. The highest BCUT2D eigenvalue weighted by Gasteiger charge is 2.43. The first kappa shape index (κ1) is 13.7. The molecule has 1 aliphatic heterocycles. The van der Waals surface area contributed by atoms with E-state index in [0.717, 1.165) is 12.5 Å². The van der Waals surface area contributed by atoms with Gasteiger partial charge in [0.15, 0.2) is 0 Å². The first-order valence-corrected chi connectivity index (χ1v) is 8.42. The van der Waals surface area contributed by atoms with Crippen LogP contribution in [0.15, 0.2) is 30.3 Å². The van der Waals surface area contributed by atoms with Gasteiger partial charge in [0, 0.05) is 38.3 Å². The van der Waals surface area contributed by atoms with Crippen molar-refractivity contribution < 1.29 is 4.74 Å². The Kier molecular flexibility index (Phi) is 3.74. The van der Waals surface area contributed by atoms with Crippen molar-refractivity contribution in [2.24, 2.45) is 5.92 Å². The van der Waals surface area contributed by atoms with Crippen LogP contribution in [0.4, 0.5) is 0 Å². The van der Waals surface area contributed by atoms with E-state index >= 15 is 0 Å². The highest BCUT2D eigenvalue weighted by molar-refractivity contribution is 5.21. The van der Waals surface area contributed by atoms with Gasteiger partial charge in [0.1, 0.15) is 0 Å². The minimum Gasteiger partial charge on any atom is -0.381 e. The van der Waals surface area contributed by atoms with Crippen molar-refractivity contribution in [3.05, 3.63) is 35.9 Å². The molecule has 1 aromatic carbocycles. The van der Waals surface area contributed by atoms with Crippen molar-refractivity contribution in [2.45, 2.75) is 49.9 Å². The van der Waals surface area contributed by atoms with E-state index in [1.165, 1.54) is 37.8 Å². The molecule has 3 fully saturated rings. The monoisotopic (exact) mass is 286 g/mol. The Hall–Kier alpha value is -0.900. The van der Waals surface area contributed by atoms with Crippen LogP contribution in [0.25, 0.3) is 0 Å². The second-order valence-electron chi connectivity index (χ2n) is 6.96. The third kappa shape index (κ3) is 2.75. The number of hydrogen-bond donors (Lipinski definition) is 1. The minimum absolute atomic E-state index is 0.487. The molecule has 0 aromatic heterocycles. The van der Waals surface area contributed by atoms with Gasteiger partial charge in [-0.3, -0.25) is 4.90 Å². The fourth-order valence-electron chi connectivity index (χ4n) is 4.00. The number of nitrogens with zero attached hydrogens (tertiary/aromatic N) is 1. The van der Waals surface area contributed by atoms with Crippen molar-refractivity contribution >= 4 is 0 Å². The molecule has 1 saturated heterocycles. The van der Waals surface area contributed by atoms with Crippen LogP contribution in [0.5, 0.6) is 0 Å². The predicted molar refractivity (Wildman–Crippen MR) is 84.2 cm³/mol. The second-order valence-corrected chi connectivity index (χ2v) is 6.96. The number of benzene rings is 1. The molecule has 1 heterocycles. The average Bonchev–Trinajstić information content (AvgIpc) is 3.32. The Bertz CT molecular complexity index is 467. The molecular formula is C18H26N2O. The molecule has 21 heavy (non-hydrogen) atoms.